The van der Waals surface area contributed by atoms with Crippen LogP contribution in [0, 0.1) is 0 Å². The van der Waals surface area contributed by atoms with Gasteiger partial charge >= 0.3 is 12.1 Å². The molecule has 0 aliphatic carbocycles. The van der Waals surface area contributed by atoms with Gasteiger partial charge in [0, 0.05) is 6.54 Å². The second-order valence-corrected chi connectivity index (χ2v) is 6.94. The maximum atomic E-state index is 12.7. The molecule has 0 aromatic heterocycles. The minimum atomic E-state index is -0.781. The molecule has 1 aromatic rings. The van der Waals surface area contributed by atoms with E-state index in [9.17, 15) is 14.4 Å². The summed E-state index contributed by atoms with van der Waals surface area (Å²) in [5, 5.41) is 2.81. The number of amides is 2. The molecule has 3 atom stereocenters. The number of rotatable bonds is 7. The van der Waals surface area contributed by atoms with Gasteiger partial charge in [-0.15, -0.1) is 0 Å². The van der Waals surface area contributed by atoms with Gasteiger partial charge in [0.25, 0.3) is 0 Å². The molecule has 2 heterocycles. The predicted molar refractivity (Wildman–Crippen MR) is 99.0 cm³/mol. The number of ether oxygens (including phenoxy) is 3. The number of carbonyl (C=O) groups excluding carboxylic acids is 3. The van der Waals surface area contributed by atoms with Crippen LogP contribution in [0.2, 0.25) is 0 Å². The Morgan fingerprint density at radius 2 is 2.07 bits per heavy atom. The van der Waals surface area contributed by atoms with E-state index in [1.54, 1.807) is 0 Å². The van der Waals surface area contributed by atoms with Crippen molar-refractivity contribution in [3.8, 4) is 0 Å². The highest BCUT2D eigenvalue weighted by Gasteiger charge is 2.41. The van der Waals surface area contributed by atoms with Gasteiger partial charge in [-0.25, -0.2) is 4.79 Å². The Bertz CT molecular complexity index is 695. The third-order valence-electron chi connectivity index (χ3n) is 4.77. The molecule has 0 radical (unpaired) electrons. The quantitative estimate of drug-likeness (QED) is 0.716. The summed E-state index contributed by atoms with van der Waals surface area (Å²) >= 11 is 0. The van der Waals surface area contributed by atoms with E-state index < -0.39 is 30.4 Å². The summed E-state index contributed by atoms with van der Waals surface area (Å²) in [6, 6.07) is 8.21. The first-order chi connectivity index (χ1) is 13.6. The molecule has 1 aromatic carbocycles. The summed E-state index contributed by atoms with van der Waals surface area (Å²) in [7, 11) is 0. The molecule has 1 N–H and O–H groups in total. The zero-order valence-electron chi connectivity index (χ0n) is 16.0. The second-order valence-electron chi connectivity index (χ2n) is 6.94. The normalized spacial score (nSPS) is 24.1. The first-order valence-corrected chi connectivity index (χ1v) is 9.67. The summed E-state index contributed by atoms with van der Waals surface area (Å²) in [6.45, 7) is 3.00. The summed E-state index contributed by atoms with van der Waals surface area (Å²) in [5.74, 6) is -0.723. The summed E-state index contributed by atoms with van der Waals surface area (Å²) < 4.78 is 16.0. The molecule has 28 heavy (non-hydrogen) atoms. The van der Waals surface area contributed by atoms with Crippen LogP contribution in [0.5, 0.6) is 0 Å². The molecule has 2 amide bonds. The third-order valence-corrected chi connectivity index (χ3v) is 4.77. The molecule has 152 valence electrons. The Morgan fingerprint density at radius 3 is 2.82 bits per heavy atom. The fraction of sp³-hybridized carbons (Fsp3) is 0.550. The number of nitrogens with one attached hydrogen (secondary N) is 1. The Kier molecular flexibility index (Phi) is 6.86. The van der Waals surface area contributed by atoms with E-state index in [1.807, 2.05) is 37.3 Å². The lowest BCUT2D eigenvalue weighted by molar-refractivity contribution is -0.165. The summed E-state index contributed by atoms with van der Waals surface area (Å²) in [4.78, 5) is 38.2. The van der Waals surface area contributed by atoms with Crippen molar-refractivity contribution >= 4 is 18.0 Å². The number of hydrogen-bond acceptors (Lipinski definition) is 6. The Morgan fingerprint density at radius 1 is 1.29 bits per heavy atom. The van der Waals surface area contributed by atoms with Crippen LogP contribution in [0.1, 0.15) is 38.2 Å². The first kappa shape index (κ1) is 20.1. The molecule has 0 spiro atoms. The molecule has 8 nitrogen and oxygen atoms in total. The van der Waals surface area contributed by atoms with Gasteiger partial charge in [0.05, 0.1) is 13.0 Å². The van der Waals surface area contributed by atoms with Gasteiger partial charge in [-0.1, -0.05) is 37.3 Å². The van der Waals surface area contributed by atoms with Crippen LogP contribution in [0.4, 0.5) is 4.79 Å². The van der Waals surface area contributed by atoms with E-state index in [1.165, 1.54) is 4.90 Å². The van der Waals surface area contributed by atoms with Crippen LogP contribution >= 0.6 is 0 Å². The van der Waals surface area contributed by atoms with Gasteiger partial charge in [-0.3, -0.25) is 14.5 Å². The lowest BCUT2D eigenvalue weighted by Gasteiger charge is -2.26. The van der Waals surface area contributed by atoms with Crippen LogP contribution in [0.3, 0.4) is 0 Å². The molecule has 1 unspecified atom stereocenters. The molecular weight excluding hydrogens is 364 g/mol. The predicted octanol–water partition coefficient (Wildman–Crippen LogP) is 1.97. The van der Waals surface area contributed by atoms with E-state index in [-0.39, 0.29) is 18.9 Å². The fourth-order valence-corrected chi connectivity index (χ4v) is 3.38. The molecule has 8 heteroatoms. The number of cyclic esters (lactones) is 1. The number of hydrogen-bond donors (Lipinski definition) is 1. The van der Waals surface area contributed by atoms with Crippen LogP contribution < -0.4 is 5.32 Å². The molecule has 2 aliphatic heterocycles. The lowest BCUT2D eigenvalue weighted by Crippen LogP contribution is -2.51. The maximum Gasteiger partial charge on any atom is 0.410 e. The topological polar surface area (TPSA) is 94.2 Å². The average molecular weight is 390 g/mol. The number of carbonyl (C=O) groups is 3. The molecule has 3 rings (SSSR count). The number of likely N-dealkylation sites (tertiary alicyclic amines) is 1. The Labute approximate surface area is 164 Å². The molecule has 2 saturated heterocycles. The minimum absolute atomic E-state index is 0.0608. The zero-order chi connectivity index (χ0) is 19.9. The van der Waals surface area contributed by atoms with Gasteiger partial charge < -0.3 is 19.5 Å². The van der Waals surface area contributed by atoms with E-state index >= 15 is 0 Å². The highest BCUT2D eigenvalue weighted by Crippen LogP contribution is 2.22. The van der Waals surface area contributed by atoms with Crippen molar-refractivity contribution in [3.05, 3.63) is 35.9 Å². The Balaban J connectivity index is 1.54. The largest absolute Gasteiger partial charge is 0.445 e. The van der Waals surface area contributed by atoms with E-state index in [4.69, 9.17) is 14.2 Å². The van der Waals surface area contributed by atoms with Gasteiger partial charge in [-0.05, 0) is 24.8 Å². The maximum absolute atomic E-state index is 12.7. The van der Waals surface area contributed by atoms with Gasteiger partial charge in [0.2, 0.25) is 12.2 Å². The second kappa shape index (κ2) is 9.54. The van der Waals surface area contributed by atoms with Crippen molar-refractivity contribution in [3.63, 3.8) is 0 Å². The smallest absolute Gasteiger partial charge is 0.410 e. The van der Waals surface area contributed by atoms with Crippen LogP contribution in [0.25, 0.3) is 0 Å². The van der Waals surface area contributed by atoms with Crippen molar-refractivity contribution in [1.29, 1.82) is 0 Å². The number of benzene rings is 1. The van der Waals surface area contributed by atoms with Gasteiger partial charge in [0.15, 0.2) is 0 Å². The van der Waals surface area contributed by atoms with Crippen molar-refractivity contribution in [1.82, 2.24) is 10.2 Å². The fourth-order valence-electron chi connectivity index (χ4n) is 3.38. The number of nitrogens with zero attached hydrogens (tertiary/aromatic N) is 1. The monoisotopic (exact) mass is 390 g/mol. The highest BCUT2D eigenvalue weighted by molar-refractivity contribution is 5.87. The molecule has 0 saturated carbocycles. The molecule has 2 fully saturated rings. The molecule has 2 aliphatic rings. The summed E-state index contributed by atoms with van der Waals surface area (Å²) in [5.41, 5.74) is 0.883. The molecular formula is C20H26N2O6. The van der Waals surface area contributed by atoms with E-state index in [0.717, 1.165) is 12.0 Å². The van der Waals surface area contributed by atoms with Gasteiger partial charge in [-0.2, -0.15) is 0 Å². The van der Waals surface area contributed by atoms with Crippen molar-refractivity contribution in [2.45, 2.75) is 57.6 Å². The van der Waals surface area contributed by atoms with Crippen molar-refractivity contribution in [2.75, 3.05) is 13.2 Å². The Hall–Kier alpha value is -2.61. The van der Waals surface area contributed by atoms with Crippen molar-refractivity contribution in [2.24, 2.45) is 0 Å². The highest BCUT2D eigenvalue weighted by atomic mass is 16.7. The van der Waals surface area contributed by atoms with E-state index in [0.29, 0.717) is 26.0 Å². The first-order valence-electron chi connectivity index (χ1n) is 9.67. The third kappa shape index (κ3) is 5.01. The van der Waals surface area contributed by atoms with Crippen LogP contribution in [0.15, 0.2) is 30.3 Å². The zero-order valence-corrected chi connectivity index (χ0v) is 16.0. The summed E-state index contributed by atoms with van der Waals surface area (Å²) in [6.07, 6.45) is 0.808. The SMILES string of the molecule is CCCO[C@@H]1OC(=O)C[C@@H]1NC(=O)C1CCCN1C(=O)OCc1ccccc1. The average Bonchev–Trinajstić information content (AvgIpc) is 3.32. The van der Waals surface area contributed by atoms with Crippen LogP contribution in [-0.4, -0.2) is 54.4 Å². The minimum Gasteiger partial charge on any atom is -0.445 e. The lowest BCUT2D eigenvalue weighted by atomic mass is 10.1. The van der Waals surface area contributed by atoms with Gasteiger partial charge in [0.1, 0.15) is 18.7 Å². The molecule has 0 bridgehead atoms. The standard InChI is InChI=1S/C20H26N2O6/c1-2-11-26-19-15(12-17(23)28-19)21-18(24)16-9-6-10-22(16)20(25)27-13-14-7-4-3-5-8-14/h3-5,7-8,15-16,19H,2,6,9-13H2,1H3,(H,21,24)/t15-,16?,19+/m0/s1. The number of esters is 1. The van der Waals surface area contributed by atoms with Crippen molar-refractivity contribution < 1.29 is 28.6 Å². The van der Waals surface area contributed by atoms with Crippen LogP contribution in [-0.2, 0) is 30.4 Å². The van der Waals surface area contributed by atoms with E-state index in [2.05, 4.69) is 5.32 Å².